The molecule has 0 N–H and O–H groups in total. The maximum absolute atomic E-state index is 11.8. The Morgan fingerprint density at radius 2 is 1.65 bits per heavy atom. The normalized spacial score (nSPS) is 14.3. The number of amides is 2. The van der Waals surface area contributed by atoms with Gasteiger partial charge in [0.15, 0.2) is 0 Å². The summed E-state index contributed by atoms with van der Waals surface area (Å²) in [7, 11) is 0. The highest BCUT2D eigenvalue weighted by Gasteiger charge is 2.36. The van der Waals surface area contributed by atoms with Crippen LogP contribution in [-0.4, -0.2) is 36.2 Å². The van der Waals surface area contributed by atoms with Crippen molar-refractivity contribution in [3.05, 3.63) is 35.4 Å². The van der Waals surface area contributed by atoms with E-state index in [2.05, 4.69) is 0 Å². The molecule has 1 heterocycles. The third-order valence-electron chi connectivity index (χ3n) is 2.28. The molecule has 17 heavy (non-hydrogen) atoms. The van der Waals surface area contributed by atoms with Gasteiger partial charge in [0.05, 0.1) is 24.3 Å². The first kappa shape index (κ1) is 12.0. The lowest BCUT2D eigenvalue weighted by atomic mass is 10.1. The van der Waals surface area contributed by atoms with Crippen LogP contribution in [0.4, 0.5) is 0 Å². The Hall–Kier alpha value is -1.43. The van der Waals surface area contributed by atoms with Crippen LogP contribution in [0.2, 0.25) is 0 Å². The summed E-state index contributed by atoms with van der Waals surface area (Å²) in [6.07, 6.45) is 0. The Balaban J connectivity index is 2.03. The van der Waals surface area contributed by atoms with Crippen LogP contribution >= 0.6 is 11.6 Å². The van der Waals surface area contributed by atoms with E-state index in [1.54, 1.807) is 24.3 Å². The van der Waals surface area contributed by atoms with Crippen molar-refractivity contribution in [2.24, 2.45) is 0 Å². The molecule has 1 aliphatic rings. The molecule has 0 atom stereocenters. The van der Waals surface area contributed by atoms with E-state index in [1.165, 1.54) is 0 Å². The molecule has 2 rings (SSSR count). The molecule has 0 saturated heterocycles. The van der Waals surface area contributed by atoms with Crippen LogP contribution in [0.25, 0.3) is 0 Å². The number of hydrogen-bond donors (Lipinski definition) is 0. The van der Waals surface area contributed by atoms with Gasteiger partial charge in [0.25, 0.3) is 11.8 Å². The van der Waals surface area contributed by atoms with Gasteiger partial charge in [-0.1, -0.05) is 23.7 Å². The Kier molecular flexibility index (Phi) is 3.73. The average Bonchev–Trinajstić information content (AvgIpc) is 2.60. The lowest BCUT2D eigenvalue weighted by Gasteiger charge is -2.12. The molecule has 0 saturated carbocycles. The van der Waals surface area contributed by atoms with Crippen molar-refractivity contribution in [1.29, 1.82) is 0 Å². The van der Waals surface area contributed by atoms with Crippen LogP contribution in [-0.2, 0) is 9.57 Å². The van der Waals surface area contributed by atoms with Crippen LogP contribution in [0, 0.1) is 0 Å². The SMILES string of the molecule is O=C1c2ccccc2C(=O)N1OCCOCCl. The Bertz CT molecular complexity index is 414. The van der Waals surface area contributed by atoms with Crippen molar-refractivity contribution in [3.63, 3.8) is 0 Å². The predicted molar refractivity (Wildman–Crippen MR) is 59.6 cm³/mol. The Morgan fingerprint density at radius 1 is 1.06 bits per heavy atom. The van der Waals surface area contributed by atoms with E-state index in [0.29, 0.717) is 11.1 Å². The summed E-state index contributed by atoms with van der Waals surface area (Å²) < 4.78 is 4.83. The fourth-order valence-corrected chi connectivity index (χ4v) is 1.64. The number of fused-ring (bicyclic) bond motifs is 1. The maximum Gasteiger partial charge on any atom is 0.285 e. The number of ether oxygens (including phenoxy) is 1. The van der Waals surface area contributed by atoms with E-state index in [-0.39, 0.29) is 19.3 Å². The van der Waals surface area contributed by atoms with E-state index in [9.17, 15) is 9.59 Å². The molecule has 0 radical (unpaired) electrons. The summed E-state index contributed by atoms with van der Waals surface area (Å²) in [5, 5.41) is 0.752. The van der Waals surface area contributed by atoms with Crippen LogP contribution in [0.5, 0.6) is 0 Å². The topological polar surface area (TPSA) is 55.8 Å². The summed E-state index contributed by atoms with van der Waals surface area (Å²) in [6.45, 7) is 0.315. The second kappa shape index (κ2) is 5.27. The molecule has 5 nitrogen and oxygen atoms in total. The molecule has 90 valence electrons. The molecule has 0 unspecified atom stereocenters. The van der Waals surface area contributed by atoms with Crippen LogP contribution in [0.1, 0.15) is 20.7 Å². The number of halogens is 1. The molecular formula is C11H10ClNO4. The van der Waals surface area contributed by atoms with E-state index < -0.39 is 11.8 Å². The number of rotatable bonds is 5. The number of carbonyl (C=O) groups is 2. The molecule has 0 aromatic heterocycles. The van der Waals surface area contributed by atoms with E-state index in [1.807, 2.05) is 0 Å². The van der Waals surface area contributed by atoms with E-state index in [4.69, 9.17) is 21.2 Å². The zero-order valence-corrected chi connectivity index (χ0v) is 9.64. The molecule has 1 aromatic carbocycles. The monoisotopic (exact) mass is 255 g/mol. The van der Waals surface area contributed by atoms with Gasteiger partial charge < -0.3 is 4.74 Å². The molecule has 1 aliphatic heterocycles. The van der Waals surface area contributed by atoms with Gasteiger partial charge in [0, 0.05) is 0 Å². The molecule has 0 aliphatic carbocycles. The largest absolute Gasteiger partial charge is 0.363 e. The zero-order chi connectivity index (χ0) is 12.3. The molecule has 2 amide bonds. The van der Waals surface area contributed by atoms with Gasteiger partial charge in [-0.2, -0.15) is 0 Å². The van der Waals surface area contributed by atoms with Crippen molar-refractivity contribution >= 4 is 23.4 Å². The molecular weight excluding hydrogens is 246 g/mol. The van der Waals surface area contributed by atoms with Gasteiger partial charge in [-0.25, -0.2) is 0 Å². The highest BCUT2D eigenvalue weighted by molar-refractivity contribution is 6.20. The smallest absolute Gasteiger partial charge is 0.285 e. The third-order valence-corrected chi connectivity index (χ3v) is 2.44. The van der Waals surface area contributed by atoms with Crippen molar-refractivity contribution in [2.45, 2.75) is 0 Å². The van der Waals surface area contributed by atoms with Crippen LogP contribution in [0.3, 0.4) is 0 Å². The number of nitrogens with zero attached hydrogens (tertiary/aromatic N) is 1. The first-order valence-electron chi connectivity index (χ1n) is 5.00. The zero-order valence-electron chi connectivity index (χ0n) is 8.89. The fourth-order valence-electron chi connectivity index (χ4n) is 1.53. The summed E-state index contributed by atoms with van der Waals surface area (Å²) in [5.74, 6) is -0.895. The van der Waals surface area contributed by atoms with Crippen LogP contribution in [0.15, 0.2) is 24.3 Å². The summed E-state index contributed by atoms with van der Waals surface area (Å²) in [6, 6.07) is 6.63. The highest BCUT2D eigenvalue weighted by atomic mass is 35.5. The summed E-state index contributed by atoms with van der Waals surface area (Å²) in [4.78, 5) is 28.6. The van der Waals surface area contributed by atoms with Gasteiger partial charge in [-0.15, -0.1) is 5.06 Å². The third kappa shape index (κ3) is 2.31. The summed E-state index contributed by atoms with van der Waals surface area (Å²) >= 11 is 5.30. The number of alkyl halides is 1. The summed E-state index contributed by atoms with van der Waals surface area (Å²) in [5.41, 5.74) is 0.714. The molecule has 1 aromatic rings. The first-order chi connectivity index (χ1) is 8.25. The number of carbonyl (C=O) groups excluding carboxylic acids is 2. The number of imide groups is 1. The van der Waals surface area contributed by atoms with Gasteiger partial charge in [-0.3, -0.25) is 14.4 Å². The standard InChI is InChI=1S/C11H10ClNO4/c12-7-16-5-6-17-13-10(14)8-3-1-2-4-9(8)11(13)15/h1-4H,5-7H2. The Morgan fingerprint density at radius 3 is 2.18 bits per heavy atom. The van der Waals surface area contributed by atoms with E-state index >= 15 is 0 Å². The highest BCUT2D eigenvalue weighted by Crippen LogP contribution is 2.22. The van der Waals surface area contributed by atoms with Crippen molar-refractivity contribution in [2.75, 3.05) is 19.3 Å². The average molecular weight is 256 g/mol. The number of hydrogen-bond acceptors (Lipinski definition) is 4. The van der Waals surface area contributed by atoms with Gasteiger partial charge in [-0.05, 0) is 12.1 Å². The molecule has 6 heteroatoms. The fraction of sp³-hybridized carbons (Fsp3) is 0.273. The quantitative estimate of drug-likeness (QED) is 0.454. The van der Waals surface area contributed by atoms with Crippen molar-refractivity contribution < 1.29 is 19.2 Å². The van der Waals surface area contributed by atoms with Gasteiger partial charge in [0.2, 0.25) is 0 Å². The van der Waals surface area contributed by atoms with Crippen molar-refractivity contribution in [3.8, 4) is 0 Å². The lowest BCUT2D eigenvalue weighted by Crippen LogP contribution is -2.31. The minimum absolute atomic E-state index is 0.0471. The maximum atomic E-state index is 11.8. The molecule has 0 bridgehead atoms. The Labute approximate surface area is 103 Å². The molecule has 0 fully saturated rings. The van der Waals surface area contributed by atoms with Gasteiger partial charge >= 0.3 is 0 Å². The van der Waals surface area contributed by atoms with E-state index in [0.717, 1.165) is 5.06 Å². The molecule has 0 spiro atoms. The second-order valence-corrected chi connectivity index (χ2v) is 3.52. The van der Waals surface area contributed by atoms with Crippen molar-refractivity contribution in [1.82, 2.24) is 5.06 Å². The minimum atomic E-state index is -0.448. The predicted octanol–water partition coefficient (Wildman–Crippen LogP) is 1.43. The van der Waals surface area contributed by atoms with Crippen LogP contribution < -0.4 is 0 Å². The first-order valence-corrected chi connectivity index (χ1v) is 5.53. The second-order valence-electron chi connectivity index (χ2n) is 3.30. The lowest BCUT2D eigenvalue weighted by molar-refractivity contribution is -0.103. The van der Waals surface area contributed by atoms with Gasteiger partial charge in [0.1, 0.15) is 6.07 Å². The number of hydroxylamine groups is 2. The number of benzene rings is 1. The minimum Gasteiger partial charge on any atom is -0.363 e.